The lowest BCUT2D eigenvalue weighted by Gasteiger charge is -2.17. The Bertz CT molecular complexity index is 510. The highest BCUT2D eigenvalue weighted by Crippen LogP contribution is 2.33. The first kappa shape index (κ1) is 13.9. The molecular formula is C8H12F3N3O2S. The molecule has 0 spiro atoms. The number of aromatic nitrogens is 3. The fraction of sp³-hybridized carbons (Fsp3) is 0.750. The van der Waals surface area contributed by atoms with Gasteiger partial charge in [-0.2, -0.15) is 17.2 Å². The maximum absolute atomic E-state index is 13.5. The van der Waals surface area contributed by atoms with Gasteiger partial charge < -0.3 is 0 Å². The van der Waals surface area contributed by atoms with E-state index in [4.69, 9.17) is 0 Å². The lowest BCUT2D eigenvalue weighted by molar-refractivity contribution is -0.0226. The Balaban J connectivity index is 3.52. The lowest BCUT2D eigenvalue weighted by atomic mass is 10.2. The second-order valence-electron chi connectivity index (χ2n) is 3.77. The van der Waals surface area contributed by atoms with Gasteiger partial charge in [-0.1, -0.05) is 10.8 Å². The zero-order valence-electron chi connectivity index (χ0n) is 9.48. The summed E-state index contributed by atoms with van der Waals surface area (Å²) in [5.41, 5.74) is 0. The average Bonchev–Trinajstić information content (AvgIpc) is 2.61. The van der Waals surface area contributed by atoms with Crippen LogP contribution in [0.5, 0.6) is 0 Å². The van der Waals surface area contributed by atoms with Crippen molar-refractivity contribution in [2.24, 2.45) is 0 Å². The Morgan fingerprint density at radius 2 is 1.88 bits per heavy atom. The van der Waals surface area contributed by atoms with E-state index in [1.165, 1.54) is 20.8 Å². The van der Waals surface area contributed by atoms with Gasteiger partial charge in [-0.15, -0.1) is 10.2 Å². The van der Waals surface area contributed by atoms with Gasteiger partial charge >= 0.3 is 16.1 Å². The Hall–Kier alpha value is -1.12. The molecule has 0 aliphatic carbocycles. The topological polar surface area (TPSA) is 64.8 Å². The van der Waals surface area contributed by atoms with Gasteiger partial charge in [-0.25, -0.2) is 0 Å². The molecule has 0 radical (unpaired) electrons. The molecule has 0 fully saturated rings. The summed E-state index contributed by atoms with van der Waals surface area (Å²) in [4.78, 5) is 0. The van der Waals surface area contributed by atoms with Crippen molar-refractivity contribution >= 4 is 10.2 Å². The van der Waals surface area contributed by atoms with Crippen LogP contribution in [0.15, 0.2) is 5.16 Å². The Kier molecular flexibility index (Phi) is 3.51. The third kappa shape index (κ3) is 2.59. The van der Waals surface area contributed by atoms with Crippen LogP contribution >= 0.6 is 0 Å². The van der Waals surface area contributed by atoms with E-state index in [1.54, 1.807) is 0 Å². The SMILES string of the molecule is CCC(F)(F)c1nnc(S(=O)(=O)F)n1C(C)C. The molecule has 9 heteroatoms. The summed E-state index contributed by atoms with van der Waals surface area (Å²) < 4.78 is 61.9. The monoisotopic (exact) mass is 271 g/mol. The molecular weight excluding hydrogens is 259 g/mol. The smallest absolute Gasteiger partial charge is 0.292 e. The van der Waals surface area contributed by atoms with Crippen molar-refractivity contribution in [3.8, 4) is 0 Å². The van der Waals surface area contributed by atoms with E-state index in [-0.39, 0.29) is 0 Å². The predicted molar refractivity (Wildman–Crippen MR) is 52.9 cm³/mol. The van der Waals surface area contributed by atoms with Gasteiger partial charge in [0.2, 0.25) is 5.82 Å². The highest BCUT2D eigenvalue weighted by Gasteiger charge is 2.39. The molecule has 0 unspecified atom stereocenters. The van der Waals surface area contributed by atoms with Crippen molar-refractivity contribution in [1.82, 2.24) is 14.8 Å². The number of hydrogen-bond acceptors (Lipinski definition) is 4. The average molecular weight is 271 g/mol. The first-order valence-corrected chi connectivity index (χ1v) is 6.27. The molecule has 1 rings (SSSR count). The molecule has 0 N–H and O–H groups in total. The second-order valence-corrected chi connectivity index (χ2v) is 5.01. The molecule has 5 nitrogen and oxygen atoms in total. The number of alkyl halides is 2. The van der Waals surface area contributed by atoms with Gasteiger partial charge in [0.15, 0.2) is 0 Å². The van der Waals surface area contributed by atoms with Gasteiger partial charge in [0.1, 0.15) is 0 Å². The molecule has 98 valence electrons. The molecule has 0 bridgehead atoms. The zero-order chi connectivity index (χ0) is 13.4. The quantitative estimate of drug-likeness (QED) is 0.786. The van der Waals surface area contributed by atoms with Crippen molar-refractivity contribution in [1.29, 1.82) is 0 Å². The standard InChI is InChI=1S/C8H12F3N3O2S/c1-4-8(9,10)6-12-13-7(17(11,15)16)14(6)5(2)3/h5H,4H2,1-3H3. The molecule has 1 aromatic heterocycles. The largest absolute Gasteiger partial charge is 0.368 e. The summed E-state index contributed by atoms with van der Waals surface area (Å²) in [6.45, 7) is 4.09. The number of rotatable bonds is 4. The molecule has 0 saturated carbocycles. The van der Waals surface area contributed by atoms with E-state index in [1.807, 2.05) is 0 Å². The fourth-order valence-corrected chi connectivity index (χ4v) is 1.99. The second kappa shape index (κ2) is 4.28. The van der Waals surface area contributed by atoms with Crippen LogP contribution in [-0.4, -0.2) is 23.2 Å². The van der Waals surface area contributed by atoms with Crippen LogP contribution in [0.3, 0.4) is 0 Å². The van der Waals surface area contributed by atoms with Crippen molar-refractivity contribution < 1.29 is 21.1 Å². The fourth-order valence-electron chi connectivity index (χ4n) is 1.32. The zero-order valence-corrected chi connectivity index (χ0v) is 10.3. The van der Waals surface area contributed by atoms with Crippen LogP contribution in [0.2, 0.25) is 0 Å². The lowest BCUT2D eigenvalue weighted by Crippen LogP contribution is -2.22. The van der Waals surface area contributed by atoms with Gasteiger partial charge in [0, 0.05) is 12.5 Å². The molecule has 1 heterocycles. The van der Waals surface area contributed by atoms with Crippen LogP contribution in [0.25, 0.3) is 0 Å². The normalized spacial score (nSPS) is 13.4. The molecule has 17 heavy (non-hydrogen) atoms. The van der Waals surface area contributed by atoms with Crippen molar-refractivity contribution in [3.63, 3.8) is 0 Å². The number of hydrogen-bond donors (Lipinski definition) is 0. The Morgan fingerprint density at radius 1 is 1.35 bits per heavy atom. The molecule has 0 saturated heterocycles. The van der Waals surface area contributed by atoms with Crippen molar-refractivity contribution in [2.75, 3.05) is 0 Å². The van der Waals surface area contributed by atoms with Crippen LogP contribution in [-0.2, 0) is 16.1 Å². The summed E-state index contributed by atoms with van der Waals surface area (Å²) in [7, 11) is -5.17. The Labute approximate surface area is 96.9 Å². The molecule has 1 aromatic rings. The van der Waals surface area contributed by atoms with E-state index in [9.17, 15) is 21.1 Å². The molecule has 0 aromatic carbocycles. The van der Waals surface area contributed by atoms with Crippen LogP contribution in [0.1, 0.15) is 39.1 Å². The minimum Gasteiger partial charge on any atom is -0.292 e. The predicted octanol–water partition coefficient (Wildman–Crippen LogP) is 2.02. The molecule has 0 aliphatic rings. The summed E-state index contributed by atoms with van der Waals surface area (Å²) in [6, 6.07) is -0.696. The third-order valence-corrected chi connectivity index (χ3v) is 2.88. The first-order valence-electron chi connectivity index (χ1n) is 4.89. The highest BCUT2D eigenvalue weighted by atomic mass is 32.3. The summed E-state index contributed by atoms with van der Waals surface area (Å²) in [6.07, 6.45) is -0.579. The summed E-state index contributed by atoms with van der Waals surface area (Å²) in [5, 5.41) is 5.00. The van der Waals surface area contributed by atoms with E-state index < -0.39 is 39.6 Å². The minimum atomic E-state index is -5.17. The molecule has 0 atom stereocenters. The molecule has 0 aliphatic heterocycles. The van der Waals surface area contributed by atoms with Gasteiger partial charge in [0.25, 0.3) is 5.16 Å². The van der Waals surface area contributed by atoms with Crippen molar-refractivity contribution in [3.05, 3.63) is 5.82 Å². The maximum atomic E-state index is 13.5. The van der Waals surface area contributed by atoms with Gasteiger partial charge in [0.05, 0.1) is 0 Å². The number of nitrogens with zero attached hydrogens (tertiary/aromatic N) is 3. The summed E-state index contributed by atoms with van der Waals surface area (Å²) >= 11 is 0. The molecule has 0 amide bonds. The van der Waals surface area contributed by atoms with E-state index in [2.05, 4.69) is 10.2 Å². The van der Waals surface area contributed by atoms with E-state index >= 15 is 0 Å². The van der Waals surface area contributed by atoms with Crippen molar-refractivity contribution in [2.45, 2.75) is 44.3 Å². The third-order valence-electron chi connectivity index (χ3n) is 2.17. The maximum Gasteiger partial charge on any atom is 0.368 e. The van der Waals surface area contributed by atoms with Gasteiger partial charge in [-0.3, -0.25) is 4.57 Å². The highest BCUT2D eigenvalue weighted by molar-refractivity contribution is 7.86. The number of halogens is 3. The first-order chi connectivity index (χ1) is 7.61. The Morgan fingerprint density at radius 3 is 2.24 bits per heavy atom. The van der Waals surface area contributed by atoms with Crippen LogP contribution < -0.4 is 0 Å². The van der Waals surface area contributed by atoms with E-state index in [0.717, 1.165) is 0 Å². The summed E-state index contributed by atoms with van der Waals surface area (Å²) in [5.74, 6) is -4.19. The minimum absolute atomic E-state index is 0.579. The van der Waals surface area contributed by atoms with Crippen LogP contribution in [0.4, 0.5) is 12.7 Å². The van der Waals surface area contributed by atoms with Crippen LogP contribution in [0, 0.1) is 0 Å². The van der Waals surface area contributed by atoms with Gasteiger partial charge in [-0.05, 0) is 13.8 Å². The van der Waals surface area contributed by atoms with E-state index in [0.29, 0.717) is 4.57 Å².